The van der Waals surface area contributed by atoms with Crippen LogP contribution in [0.25, 0.3) is 0 Å². The van der Waals surface area contributed by atoms with E-state index in [0.717, 1.165) is 6.07 Å². The van der Waals surface area contributed by atoms with E-state index in [2.05, 4.69) is 0 Å². The Morgan fingerprint density at radius 2 is 1.96 bits per heavy atom. The second-order valence-electron chi connectivity index (χ2n) is 5.98. The molecule has 6 nitrogen and oxygen atoms in total. The van der Waals surface area contributed by atoms with Crippen molar-refractivity contribution in [3.05, 3.63) is 47.6 Å². The first-order valence-electron chi connectivity index (χ1n) is 7.73. The lowest BCUT2D eigenvalue weighted by atomic mass is 10.00. The van der Waals surface area contributed by atoms with Gasteiger partial charge in [-0.1, -0.05) is 18.2 Å². The number of allylic oxidation sites excluding steroid dienone is 3. The van der Waals surface area contributed by atoms with Crippen molar-refractivity contribution < 1.29 is 29.3 Å². The first-order valence-corrected chi connectivity index (χ1v) is 7.73. The highest BCUT2D eigenvalue weighted by Gasteiger charge is 2.38. The van der Waals surface area contributed by atoms with Crippen LogP contribution in [0.3, 0.4) is 0 Å². The monoisotopic (exact) mass is 330 g/mol. The number of fused-ring (bicyclic) bond motifs is 2. The van der Waals surface area contributed by atoms with Gasteiger partial charge in [0.05, 0.1) is 6.10 Å². The van der Waals surface area contributed by atoms with Gasteiger partial charge in [0, 0.05) is 18.9 Å². The molecule has 24 heavy (non-hydrogen) atoms. The quantitative estimate of drug-likeness (QED) is 0.558. The van der Waals surface area contributed by atoms with Crippen LogP contribution >= 0.6 is 0 Å². The van der Waals surface area contributed by atoms with Crippen LogP contribution in [0.5, 0.6) is 11.5 Å². The molecule has 2 aliphatic rings. The summed E-state index contributed by atoms with van der Waals surface area (Å²) >= 11 is 0. The third kappa shape index (κ3) is 3.65. The highest BCUT2D eigenvalue weighted by atomic mass is 16.6. The fourth-order valence-corrected chi connectivity index (χ4v) is 2.76. The Labute approximate surface area is 139 Å². The van der Waals surface area contributed by atoms with Gasteiger partial charge in [-0.15, -0.1) is 0 Å². The van der Waals surface area contributed by atoms with Crippen molar-refractivity contribution in [1.82, 2.24) is 0 Å². The van der Waals surface area contributed by atoms with Gasteiger partial charge in [-0.25, -0.2) is 4.79 Å². The topological polar surface area (TPSA) is 96.4 Å². The number of phenols is 2. The van der Waals surface area contributed by atoms with Gasteiger partial charge in [0.1, 0.15) is 29.3 Å². The Bertz CT molecular complexity index is 733. The number of aromatic hydroxyl groups is 2. The van der Waals surface area contributed by atoms with E-state index in [1.807, 2.05) is 6.08 Å². The van der Waals surface area contributed by atoms with Crippen LogP contribution in [-0.2, 0) is 20.7 Å². The molecule has 0 amide bonds. The lowest BCUT2D eigenvalue weighted by Gasteiger charge is -2.15. The van der Waals surface area contributed by atoms with Crippen LogP contribution in [0.15, 0.2) is 36.4 Å². The van der Waals surface area contributed by atoms with Gasteiger partial charge in [0.25, 0.3) is 0 Å². The van der Waals surface area contributed by atoms with Gasteiger partial charge in [0.2, 0.25) is 0 Å². The van der Waals surface area contributed by atoms with Crippen molar-refractivity contribution in [2.75, 3.05) is 0 Å². The number of carbonyl (C=O) groups excluding carboxylic acids is 2. The van der Waals surface area contributed by atoms with Crippen LogP contribution in [0, 0.1) is 0 Å². The number of cyclic esters (lactones) is 1. The highest BCUT2D eigenvalue weighted by molar-refractivity contribution is 5.98. The van der Waals surface area contributed by atoms with Crippen molar-refractivity contribution in [3.63, 3.8) is 0 Å². The second kappa shape index (κ2) is 6.49. The zero-order valence-corrected chi connectivity index (χ0v) is 13.1. The molecule has 3 atom stereocenters. The predicted molar refractivity (Wildman–Crippen MR) is 84.9 cm³/mol. The van der Waals surface area contributed by atoms with Gasteiger partial charge in [-0.05, 0) is 24.6 Å². The average molecular weight is 330 g/mol. The average Bonchev–Trinajstić information content (AvgIpc) is 3.19. The summed E-state index contributed by atoms with van der Waals surface area (Å²) in [5, 5.41) is 19.7. The maximum absolute atomic E-state index is 12.4. The molecule has 0 radical (unpaired) electrons. The van der Waals surface area contributed by atoms with Gasteiger partial charge < -0.3 is 19.7 Å². The Morgan fingerprint density at radius 1 is 1.17 bits per heavy atom. The highest BCUT2D eigenvalue weighted by Crippen LogP contribution is 2.31. The number of carbonyl (C=O) groups is 2. The SMILES string of the molecule is C[C@H]1C[C@@H]2O[C@@H]2/C=C\C=C\C(=O)Cc2cc(O)cc(O)c2C(=O)O1. The summed E-state index contributed by atoms with van der Waals surface area (Å²) in [7, 11) is 0. The van der Waals surface area contributed by atoms with Gasteiger partial charge >= 0.3 is 5.97 Å². The maximum Gasteiger partial charge on any atom is 0.342 e. The minimum absolute atomic E-state index is 0.0241. The lowest BCUT2D eigenvalue weighted by Crippen LogP contribution is -2.19. The second-order valence-corrected chi connectivity index (χ2v) is 5.98. The molecule has 0 aromatic heterocycles. The molecule has 0 aliphatic carbocycles. The number of phenolic OH excluding ortho intramolecular Hbond substituents is 2. The standard InChI is InChI=1S/C18H18O6/c1-10-6-16-15(24-16)5-3-2-4-12(19)7-11-8-13(20)9-14(21)17(11)18(22)23-10/h2-5,8-10,15-16,20-21H,6-7H2,1H3/b4-2+,5-3-/t10-,15+,16-/m0/s1. The summed E-state index contributed by atoms with van der Waals surface area (Å²) in [6, 6.07) is 2.34. The van der Waals surface area contributed by atoms with Crippen molar-refractivity contribution in [3.8, 4) is 11.5 Å². The van der Waals surface area contributed by atoms with E-state index >= 15 is 0 Å². The third-order valence-electron chi connectivity index (χ3n) is 3.94. The van der Waals surface area contributed by atoms with E-state index in [1.54, 1.807) is 19.1 Å². The van der Waals surface area contributed by atoms with E-state index in [0.29, 0.717) is 6.42 Å². The smallest absolute Gasteiger partial charge is 0.342 e. The van der Waals surface area contributed by atoms with Crippen molar-refractivity contribution >= 4 is 11.8 Å². The van der Waals surface area contributed by atoms with Crippen molar-refractivity contribution in [1.29, 1.82) is 0 Å². The van der Waals surface area contributed by atoms with E-state index < -0.39 is 17.8 Å². The van der Waals surface area contributed by atoms with Crippen LogP contribution in [0.1, 0.15) is 29.3 Å². The molecule has 3 rings (SSSR count). The third-order valence-corrected chi connectivity index (χ3v) is 3.94. The van der Waals surface area contributed by atoms with Crippen molar-refractivity contribution in [2.45, 2.75) is 38.1 Å². The van der Waals surface area contributed by atoms with E-state index in [1.165, 1.54) is 12.1 Å². The molecule has 1 aromatic carbocycles. The zero-order chi connectivity index (χ0) is 17.3. The number of esters is 1. The van der Waals surface area contributed by atoms with Crippen LogP contribution in [-0.4, -0.2) is 40.3 Å². The Hall–Kier alpha value is -2.60. The van der Waals surface area contributed by atoms with Crippen LogP contribution < -0.4 is 0 Å². The minimum atomic E-state index is -0.725. The molecule has 2 heterocycles. The molecule has 0 saturated carbocycles. The van der Waals surface area contributed by atoms with Crippen LogP contribution in [0.4, 0.5) is 0 Å². The summed E-state index contributed by atoms with van der Waals surface area (Å²) in [4.78, 5) is 24.4. The molecule has 126 valence electrons. The summed E-state index contributed by atoms with van der Waals surface area (Å²) < 4.78 is 10.8. The minimum Gasteiger partial charge on any atom is -0.508 e. The Kier molecular flexibility index (Phi) is 4.40. The molecular weight excluding hydrogens is 312 g/mol. The first-order chi connectivity index (χ1) is 11.4. The Balaban J connectivity index is 1.96. The number of rotatable bonds is 0. The molecule has 0 spiro atoms. The Morgan fingerprint density at radius 3 is 2.75 bits per heavy atom. The summed E-state index contributed by atoms with van der Waals surface area (Å²) in [6.45, 7) is 1.74. The molecule has 2 aliphatic heterocycles. The summed E-state index contributed by atoms with van der Waals surface area (Å²) in [6.07, 6.45) is 6.51. The molecule has 0 bridgehead atoms. The number of ether oxygens (including phenoxy) is 2. The van der Waals surface area contributed by atoms with E-state index in [-0.39, 0.29) is 41.3 Å². The number of benzene rings is 1. The number of hydrogen-bond acceptors (Lipinski definition) is 6. The lowest BCUT2D eigenvalue weighted by molar-refractivity contribution is -0.114. The molecule has 2 N–H and O–H groups in total. The summed E-state index contributed by atoms with van der Waals surface area (Å²) in [5.74, 6) is -1.63. The molecule has 1 fully saturated rings. The maximum atomic E-state index is 12.4. The van der Waals surface area contributed by atoms with Gasteiger partial charge in [-0.3, -0.25) is 4.79 Å². The van der Waals surface area contributed by atoms with Crippen molar-refractivity contribution in [2.24, 2.45) is 0 Å². The number of ketones is 1. The molecular formula is C18H18O6. The number of hydrogen-bond donors (Lipinski definition) is 2. The normalized spacial score (nSPS) is 29.6. The zero-order valence-electron chi connectivity index (χ0n) is 13.1. The van der Waals surface area contributed by atoms with Crippen LogP contribution in [0.2, 0.25) is 0 Å². The molecule has 1 saturated heterocycles. The predicted octanol–water partition coefficient (Wildman–Crippen LogP) is 2.04. The van der Waals surface area contributed by atoms with Gasteiger partial charge in [0.15, 0.2) is 5.78 Å². The number of epoxide rings is 1. The van der Waals surface area contributed by atoms with Gasteiger partial charge in [-0.2, -0.15) is 0 Å². The fourth-order valence-electron chi connectivity index (χ4n) is 2.76. The summed E-state index contributed by atoms with van der Waals surface area (Å²) in [5.41, 5.74) is 0.128. The van der Waals surface area contributed by atoms with E-state index in [4.69, 9.17) is 9.47 Å². The molecule has 6 heteroatoms. The largest absolute Gasteiger partial charge is 0.508 e. The fraction of sp³-hybridized carbons (Fsp3) is 0.333. The first kappa shape index (κ1) is 16.3. The molecule has 1 aromatic rings. The molecule has 0 unspecified atom stereocenters. The van der Waals surface area contributed by atoms with E-state index in [9.17, 15) is 19.8 Å².